The predicted octanol–water partition coefficient (Wildman–Crippen LogP) is 0.104. The van der Waals surface area contributed by atoms with Crippen LogP contribution in [-0.4, -0.2) is 35.8 Å². The lowest BCUT2D eigenvalue weighted by molar-refractivity contribution is 0.0712. The summed E-state index contributed by atoms with van der Waals surface area (Å²) >= 11 is 3.35. The van der Waals surface area contributed by atoms with Crippen molar-refractivity contribution in [1.82, 2.24) is 0 Å². The van der Waals surface area contributed by atoms with Gasteiger partial charge in [-0.2, -0.15) is 0 Å². The van der Waals surface area contributed by atoms with Gasteiger partial charge in [-0.15, -0.1) is 0 Å². The molecule has 3 N–H and O–H groups in total. The highest BCUT2D eigenvalue weighted by Gasteiger charge is 2.38. The molecule has 1 fully saturated rings. The van der Waals surface area contributed by atoms with Gasteiger partial charge < -0.3 is 15.6 Å². The molecule has 1 aliphatic rings. The number of hydrogen-bond donors (Lipinski definition) is 2. The summed E-state index contributed by atoms with van der Waals surface area (Å²) in [5.41, 5.74) is 5.73. The Hall–Kier alpha value is 0.360. The second-order valence-corrected chi connectivity index (χ2v) is 4.11. The molecule has 1 rings (SSSR count). The highest BCUT2D eigenvalue weighted by Crippen LogP contribution is 2.30. The Kier molecular flexibility index (Phi) is 3.30. The van der Waals surface area contributed by atoms with Crippen molar-refractivity contribution in [3.63, 3.8) is 0 Å². The third-order valence-electron chi connectivity index (χ3n) is 2.17. The van der Waals surface area contributed by atoms with E-state index in [9.17, 15) is 5.11 Å². The molecule has 0 aromatic heterocycles. The molecule has 66 valence electrons. The van der Waals surface area contributed by atoms with Gasteiger partial charge in [0.1, 0.15) is 0 Å². The van der Waals surface area contributed by atoms with Gasteiger partial charge in [-0.25, -0.2) is 0 Å². The molecule has 0 aliphatic heterocycles. The molecular weight excluding hydrogens is 210 g/mol. The van der Waals surface area contributed by atoms with E-state index in [1.807, 2.05) is 0 Å². The molecule has 0 spiro atoms. The van der Waals surface area contributed by atoms with Crippen LogP contribution in [-0.2, 0) is 4.74 Å². The molecular formula is C7H14BrNO2. The summed E-state index contributed by atoms with van der Waals surface area (Å²) < 4.78 is 4.96. The van der Waals surface area contributed by atoms with Crippen LogP contribution in [0.4, 0.5) is 0 Å². The third kappa shape index (κ3) is 1.93. The van der Waals surface area contributed by atoms with E-state index >= 15 is 0 Å². The van der Waals surface area contributed by atoms with Crippen LogP contribution in [0.1, 0.15) is 6.42 Å². The van der Waals surface area contributed by atoms with Gasteiger partial charge >= 0.3 is 0 Å². The molecule has 0 aromatic carbocycles. The average Bonchev–Trinajstić information content (AvgIpc) is 2.19. The number of aliphatic hydroxyl groups excluding tert-OH is 1. The Morgan fingerprint density at radius 2 is 2.36 bits per heavy atom. The fourth-order valence-corrected chi connectivity index (χ4v) is 2.16. The van der Waals surface area contributed by atoms with Crippen molar-refractivity contribution in [3.05, 3.63) is 0 Å². The fraction of sp³-hybridized carbons (Fsp3) is 1.00. The highest BCUT2D eigenvalue weighted by molar-refractivity contribution is 9.09. The Morgan fingerprint density at radius 1 is 1.73 bits per heavy atom. The van der Waals surface area contributed by atoms with Crippen molar-refractivity contribution in [1.29, 1.82) is 0 Å². The van der Waals surface area contributed by atoms with Crippen LogP contribution in [0.3, 0.4) is 0 Å². The molecule has 0 bridgehead atoms. The summed E-state index contributed by atoms with van der Waals surface area (Å²) in [5, 5.41) is 9.55. The van der Waals surface area contributed by atoms with Crippen molar-refractivity contribution >= 4 is 15.9 Å². The van der Waals surface area contributed by atoms with Gasteiger partial charge in [-0.05, 0) is 6.42 Å². The molecule has 1 unspecified atom stereocenters. The number of rotatable bonds is 2. The van der Waals surface area contributed by atoms with E-state index in [2.05, 4.69) is 15.9 Å². The lowest BCUT2D eigenvalue weighted by atomic mass is 10.1. The summed E-state index contributed by atoms with van der Waals surface area (Å²) in [6.45, 7) is 0.594. The largest absolute Gasteiger partial charge is 0.392 e. The maximum absolute atomic E-state index is 9.55. The van der Waals surface area contributed by atoms with Crippen LogP contribution >= 0.6 is 15.9 Å². The number of alkyl halides is 1. The van der Waals surface area contributed by atoms with E-state index in [-0.39, 0.29) is 22.9 Å². The summed E-state index contributed by atoms with van der Waals surface area (Å²) in [5.74, 6) is 0.194. The van der Waals surface area contributed by atoms with Crippen LogP contribution < -0.4 is 5.73 Å². The minimum absolute atomic E-state index is 0.0302. The first-order valence-electron chi connectivity index (χ1n) is 3.73. The summed E-state index contributed by atoms with van der Waals surface area (Å²) in [6, 6.07) is 0.0603. The van der Waals surface area contributed by atoms with Crippen LogP contribution in [0.25, 0.3) is 0 Å². The van der Waals surface area contributed by atoms with Crippen molar-refractivity contribution in [2.75, 3.05) is 13.7 Å². The maximum atomic E-state index is 9.55. The summed E-state index contributed by atoms with van der Waals surface area (Å²) in [4.78, 5) is 0.0302. The first-order valence-corrected chi connectivity index (χ1v) is 4.65. The minimum Gasteiger partial charge on any atom is -0.392 e. The maximum Gasteiger partial charge on any atom is 0.0730 e. The van der Waals surface area contributed by atoms with Gasteiger partial charge in [0.2, 0.25) is 0 Å². The molecule has 11 heavy (non-hydrogen) atoms. The topological polar surface area (TPSA) is 55.5 Å². The number of methoxy groups -OCH3 is 1. The van der Waals surface area contributed by atoms with Crippen LogP contribution in [0.2, 0.25) is 0 Å². The molecule has 4 atom stereocenters. The van der Waals surface area contributed by atoms with Crippen molar-refractivity contribution < 1.29 is 9.84 Å². The fourth-order valence-electron chi connectivity index (χ4n) is 1.51. The first kappa shape index (κ1) is 9.45. The molecule has 0 aromatic rings. The lowest BCUT2D eigenvalue weighted by Crippen LogP contribution is -2.31. The monoisotopic (exact) mass is 223 g/mol. The normalized spacial score (nSPS) is 44.7. The quantitative estimate of drug-likeness (QED) is 0.654. The van der Waals surface area contributed by atoms with E-state index in [4.69, 9.17) is 10.5 Å². The zero-order valence-corrected chi connectivity index (χ0v) is 8.12. The molecule has 4 heteroatoms. The average molecular weight is 224 g/mol. The Bertz CT molecular complexity index is 134. The van der Waals surface area contributed by atoms with Crippen LogP contribution in [0, 0.1) is 5.92 Å². The number of aliphatic hydroxyl groups is 1. The van der Waals surface area contributed by atoms with Gasteiger partial charge in [-0.1, -0.05) is 15.9 Å². The smallest absolute Gasteiger partial charge is 0.0730 e. The molecule has 3 nitrogen and oxygen atoms in total. The van der Waals surface area contributed by atoms with Gasteiger partial charge in [-0.3, -0.25) is 0 Å². The zero-order valence-electron chi connectivity index (χ0n) is 6.53. The number of nitrogens with two attached hydrogens (primary N) is 1. The summed E-state index contributed by atoms with van der Waals surface area (Å²) in [7, 11) is 1.64. The van der Waals surface area contributed by atoms with Crippen LogP contribution in [0.15, 0.2) is 0 Å². The van der Waals surface area contributed by atoms with Crippen molar-refractivity contribution in [2.24, 2.45) is 11.7 Å². The second-order valence-electron chi connectivity index (χ2n) is 3.05. The Labute approximate surface area is 75.0 Å². The van der Waals surface area contributed by atoms with Crippen molar-refractivity contribution in [2.45, 2.75) is 23.4 Å². The number of ether oxygens (including phenoxy) is 1. The molecule has 0 heterocycles. The van der Waals surface area contributed by atoms with Gasteiger partial charge in [0.25, 0.3) is 0 Å². The number of hydrogen-bond acceptors (Lipinski definition) is 3. The van der Waals surface area contributed by atoms with Crippen molar-refractivity contribution in [3.8, 4) is 0 Å². The Morgan fingerprint density at radius 3 is 2.73 bits per heavy atom. The van der Waals surface area contributed by atoms with Gasteiger partial charge in [0.15, 0.2) is 0 Å². The highest BCUT2D eigenvalue weighted by atomic mass is 79.9. The predicted molar refractivity (Wildman–Crippen MR) is 46.7 cm³/mol. The van der Waals surface area contributed by atoms with E-state index < -0.39 is 0 Å². The zero-order chi connectivity index (χ0) is 8.43. The molecule has 0 radical (unpaired) electrons. The number of halogens is 1. The molecule has 1 saturated carbocycles. The van der Waals surface area contributed by atoms with Gasteiger partial charge in [0, 0.05) is 19.1 Å². The molecule has 0 amide bonds. The SMILES string of the molecule is COC[C@@H]1C[C@@H](N)C(Br)[C@@H]1O. The standard InChI is InChI=1S/C7H14BrNO2/c1-11-3-4-2-5(9)6(8)7(4)10/h4-7,10H,2-3,9H2,1H3/t4-,5+,6?,7+/m0/s1. The Balaban J connectivity index is 2.45. The lowest BCUT2D eigenvalue weighted by Gasteiger charge is -2.14. The molecule has 0 saturated heterocycles. The van der Waals surface area contributed by atoms with Crippen LogP contribution in [0.5, 0.6) is 0 Å². The first-order chi connectivity index (χ1) is 5.16. The summed E-state index contributed by atoms with van der Waals surface area (Å²) in [6.07, 6.45) is 0.482. The van der Waals surface area contributed by atoms with E-state index in [0.29, 0.717) is 6.61 Å². The van der Waals surface area contributed by atoms with Gasteiger partial charge in [0.05, 0.1) is 17.5 Å². The minimum atomic E-state index is -0.357. The van der Waals surface area contributed by atoms with E-state index in [1.165, 1.54) is 0 Å². The van der Waals surface area contributed by atoms with E-state index in [0.717, 1.165) is 6.42 Å². The molecule has 1 aliphatic carbocycles. The second kappa shape index (κ2) is 3.85. The third-order valence-corrected chi connectivity index (χ3v) is 3.39. The van der Waals surface area contributed by atoms with E-state index in [1.54, 1.807) is 7.11 Å².